The number of aromatic nitrogens is 3. The van der Waals surface area contributed by atoms with E-state index >= 15 is 0 Å². The highest BCUT2D eigenvalue weighted by Crippen LogP contribution is 2.31. The summed E-state index contributed by atoms with van der Waals surface area (Å²) in [5, 5.41) is 1.05. The topological polar surface area (TPSA) is 100 Å². The van der Waals surface area contributed by atoms with Gasteiger partial charge in [-0.3, -0.25) is 4.90 Å². The molecule has 0 spiro atoms. The van der Waals surface area contributed by atoms with E-state index < -0.39 is 0 Å². The molecule has 0 atom stereocenters. The number of ketones is 1. The van der Waals surface area contributed by atoms with Crippen LogP contribution in [0.1, 0.15) is 66.6 Å². The van der Waals surface area contributed by atoms with E-state index in [1.807, 2.05) is 0 Å². The van der Waals surface area contributed by atoms with Crippen molar-refractivity contribution in [2.45, 2.75) is 67.2 Å². The van der Waals surface area contributed by atoms with Gasteiger partial charge in [0, 0.05) is 62.1 Å². The van der Waals surface area contributed by atoms with Gasteiger partial charge < -0.3 is 25.1 Å². The summed E-state index contributed by atoms with van der Waals surface area (Å²) in [6, 6.07) is 6.45. The van der Waals surface area contributed by atoms with Crippen LogP contribution in [0, 0.1) is 10.8 Å². The lowest BCUT2D eigenvalue weighted by molar-refractivity contribution is -0.120. The number of nitrogen functional groups attached to an aromatic ring is 1. The maximum Gasteiger partial charge on any atom is 0.150 e. The summed E-state index contributed by atoms with van der Waals surface area (Å²) in [6.07, 6.45) is 3.71. The van der Waals surface area contributed by atoms with Crippen LogP contribution < -0.4 is 10.6 Å². The summed E-state index contributed by atoms with van der Waals surface area (Å²) in [7, 11) is 0. The molecule has 208 valence electrons. The Labute approximate surface area is 227 Å². The first-order valence-corrected chi connectivity index (χ1v) is 14.1. The molecule has 3 aromatic rings. The van der Waals surface area contributed by atoms with Crippen molar-refractivity contribution in [1.82, 2.24) is 19.9 Å². The van der Waals surface area contributed by atoms with Crippen molar-refractivity contribution in [2.24, 2.45) is 10.8 Å². The average Bonchev–Trinajstić information content (AvgIpc) is 3.27. The smallest absolute Gasteiger partial charge is 0.150 e. The number of H-pyrrole nitrogens is 1. The molecule has 38 heavy (non-hydrogen) atoms. The van der Waals surface area contributed by atoms with E-state index in [1.54, 1.807) is 6.92 Å². The van der Waals surface area contributed by atoms with Gasteiger partial charge in [0.1, 0.15) is 28.5 Å². The van der Waals surface area contributed by atoms with Crippen molar-refractivity contribution in [1.29, 1.82) is 0 Å². The molecule has 8 heteroatoms. The Hall–Kier alpha value is -2.71. The fraction of sp³-hybridized carbons (Fsp3) is 0.633. The van der Waals surface area contributed by atoms with Crippen molar-refractivity contribution >= 4 is 39.2 Å². The minimum atomic E-state index is -0.118. The Morgan fingerprint density at radius 2 is 1.79 bits per heavy atom. The number of aryl methyl sites for hydroxylation is 1. The number of ether oxygens (including phenoxy) is 1. The standard InChI is InChI=1S/C30H46N6O2/c1-7-8-9-25-33-26-23-16-22(10-11-24(23)32-28(31)27(26)34-25)36-14-12-35(13-15-36)18-30(5,6)20-38-19-29(3,4)17-21(2)37/h10-11,16H,7-9,12-15,17-20H2,1-6H3,(H2,31,32)(H,33,34). The molecule has 8 nitrogen and oxygen atoms in total. The summed E-state index contributed by atoms with van der Waals surface area (Å²) < 4.78 is 6.09. The molecule has 1 saturated heterocycles. The van der Waals surface area contributed by atoms with Gasteiger partial charge >= 0.3 is 0 Å². The molecule has 1 aromatic carbocycles. The van der Waals surface area contributed by atoms with Gasteiger partial charge in [-0.2, -0.15) is 0 Å². The first-order valence-electron chi connectivity index (χ1n) is 14.1. The highest BCUT2D eigenvalue weighted by atomic mass is 16.5. The number of carbonyl (C=O) groups is 1. The van der Waals surface area contributed by atoms with Crippen LogP contribution in [0.25, 0.3) is 21.9 Å². The number of piperazine rings is 1. The quantitative estimate of drug-likeness (QED) is 0.337. The lowest BCUT2D eigenvalue weighted by Crippen LogP contribution is -2.49. The molecule has 0 amide bonds. The number of unbranched alkanes of at least 4 members (excludes halogenated alkanes) is 1. The number of carbonyl (C=O) groups excluding carboxylic acids is 1. The molecule has 4 rings (SSSR count). The van der Waals surface area contributed by atoms with Gasteiger partial charge in [-0.1, -0.05) is 41.0 Å². The zero-order valence-electron chi connectivity index (χ0n) is 24.2. The summed E-state index contributed by atoms with van der Waals surface area (Å²) in [6.45, 7) is 18.8. The number of nitrogens with two attached hydrogens (primary N) is 1. The number of hydrogen-bond acceptors (Lipinski definition) is 7. The minimum absolute atomic E-state index is 0.0457. The third-order valence-corrected chi connectivity index (χ3v) is 7.35. The maximum atomic E-state index is 11.5. The number of nitrogens with one attached hydrogen (secondary N) is 1. The van der Waals surface area contributed by atoms with Gasteiger partial charge in [0.15, 0.2) is 0 Å². The number of aromatic amines is 1. The number of rotatable bonds is 12. The largest absolute Gasteiger partial charge is 0.382 e. The molecule has 1 fully saturated rings. The molecule has 0 aliphatic carbocycles. The molecule has 3 heterocycles. The third-order valence-electron chi connectivity index (χ3n) is 7.35. The lowest BCUT2D eigenvalue weighted by Gasteiger charge is -2.40. The summed E-state index contributed by atoms with van der Waals surface area (Å²) in [5.74, 6) is 1.71. The van der Waals surface area contributed by atoms with Crippen LogP contribution >= 0.6 is 0 Å². The number of pyridine rings is 1. The maximum absolute atomic E-state index is 11.5. The normalized spacial score (nSPS) is 15.6. The van der Waals surface area contributed by atoms with Gasteiger partial charge in [-0.15, -0.1) is 0 Å². The van der Waals surface area contributed by atoms with E-state index in [0.717, 1.165) is 79.7 Å². The first-order chi connectivity index (χ1) is 18.0. The Balaban J connectivity index is 1.37. The SMILES string of the molecule is CCCCc1nc2c([nH]1)c(N)nc1ccc(N3CCN(CC(C)(C)COCC(C)(C)CC(C)=O)CC3)cc12. The average molecular weight is 523 g/mol. The monoisotopic (exact) mass is 522 g/mol. The zero-order valence-corrected chi connectivity index (χ0v) is 24.2. The van der Waals surface area contributed by atoms with E-state index in [0.29, 0.717) is 25.5 Å². The van der Waals surface area contributed by atoms with Crippen molar-refractivity contribution < 1.29 is 9.53 Å². The van der Waals surface area contributed by atoms with Gasteiger partial charge in [0.2, 0.25) is 0 Å². The summed E-state index contributed by atoms with van der Waals surface area (Å²) in [5.41, 5.74) is 10.1. The molecule has 3 N–H and O–H groups in total. The Morgan fingerprint density at radius 1 is 1.08 bits per heavy atom. The van der Waals surface area contributed by atoms with Crippen LogP contribution in [0.2, 0.25) is 0 Å². The molecule has 1 aliphatic rings. The van der Waals surface area contributed by atoms with Crippen LogP contribution in [0.4, 0.5) is 11.5 Å². The molecule has 0 bridgehead atoms. The van der Waals surface area contributed by atoms with E-state index in [1.165, 1.54) is 5.69 Å². The van der Waals surface area contributed by atoms with Crippen molar-refractivity contribution in [3.63, 3.8) is 0 Å². The number of anilines is 2. The molecular weight excluding hydrogens is 476 g/mol. The van der Waals surface area contributed by atoms with Crippen LogP contribution in [0.3, 0.4) is 0 Å². The molecule has 0 radical (unpaired) electrons. The fourth-order valence-electron chi connectivity index (χ4n) is 5.60. The Morgan fingerprint density at radius 3 is 2.47 bits per heavy atom. The molecule has 0 unspecified atom stereocenters. The predicted octanol–water partition coefficient (Wildman–Crippen LogP) is 5.21. The summed E-state index contributed by atoms with van der Waals surface area (Å²) in [4.78, 5) is 29.4. The van der Waals surface area contributed by atoms with Crippen molar-refractivity contribution in [3.05, 3.63) is 24.0 Å². The second-order valence-corrected chi connectivity index (χ2v) is 12.7. The van der Waals surface area contributed by atoms with Crippen LogP contribution in [-0.2, 0) is 16.0 Å². The Kier molecular flexibility index (Phi) is 8.62. The zero-order chi connectivity index (χ0) is 27.5. The third kappa shape index (κ3) is 7.03. The number of Topliss-reactive ketones (excluding diaryl/α,β-unsaturated/α-hetero) is 1. The highest BCUT2D eigenvalue weighted by Gasteiger charge is 2.27. The van der Waals surface area contributed by atoms with Gasteiger partial charge in [-0.25, -0.2) is 9.97 Å². The lowest BCUT2D eigenvalue weighted by atomic mass is 9.88. The molecule has 1 aliphatic heterocycles. The number of imidazole rings is 1. The second-order valence-electron chi connectivity index (χ2n) is 12.7. The highest BCUT2D eigenvalue weighted by molar-refractivity contribution is 6.07. The van der Waals surface area contributed by atoms with E-state index in [2.05, 4.69) is 72.6 Å². The van der Waals surface area contributed by atoms with Crippen LogP contribution in [0.5, 0.6) is 0 Å². The Bertz CT molecular complexity index is 1260. The second kappa shape index (κ2) is 11.6. The van der Waals surface area contributed by atoms with E-state index in [4.69, 9.17) is 15.5 Å². The van der Waals surface area contributed by atoms with Gasteiger partial charge in [0.05, 0.1) is 18.7 Å². The van der Waals surface area contributed by atoms with Gasteiger partial charge in [-0.05, 0) is 37.0 Å². The molecular formula is C30H46N6O2. The van der Waals surface area contributed by atoms with E-state index in [9.17, 15) is 4.79 Å². The fourth-order valence-corrected chi connectivity index (χ4v) is 5.60. The molecule has 2 aromatic heterocycles. The first kappa shape index (κ1) is 28.3. The number of hydrogen-bond donors (Lipinski definition) is 2. The van der Waals surface area contributed by atoms with E-state index in [-0.39, 0.29) is 16.6 Å². The minimum Gasteiger partial charge on any atom is -0.382 e. The van der Waals surface area contributed by atoms with Crippen molar-refractivity contribution in [3.8, 4) is 0 Å². The van der Waals surface area contributed by atoms with Gasteiger partial charge in [0.25, 0.3) is 0 Å². The summed E-state index contributed by atoms with van der Waals surface area (Å²) >= 11 is 0. The number of nitrogens with zero attached hydrogens (tertiary/aromatic N) is 4. The van der Waals surface area contributed by atoms with Crippen LogP contribution in [0.15, 0.2) is 18.2 Å². The van der Waals surface area contributed by atoms with Crippen LogP contribution in [-0.4, -0.2) is 71.6 Å². The van der Waals surface area contributed by atoms with Crippen molar-refractivity contribution in [2.75, 3.05) is 56.6 Å². The number of benzene rings is 1. The number of fused-ring (bicyclic) bond motifs is 3. The molecule has 0 saturated carbocycles. The predicted molar refractivity (Wildman–Crippen MR) is 157 cm³/mol.